The highest BCUT2D eigenvalue weighted by Gasteiger charge is 2.31. The Labute approximate surface area is 116 Å². The van der Waals surface area contributed by atoms with Gasteiger partial charge in [-0.2, -0.15) is 13.2 Å². The lowest BCUT2D eigenvalue weighted by Gasteiger charge is -2.29. The van der Waals surface area contributed by atoms with Crippen LogP contribution in [0.4, 0.5) is 23.2 Å². The molecule has 0 saturated carbocycles. The van der Waals surface area contributed by atoms with E-state index in [4.69, 9.17) is 0 Å². The topological polar surface area (TPSA) is 15.3 Å². The van der Waals surface area contributed by atoms with Gasteiger partial charge in [-0.15, -0.1) is 0 Å². The van der Waals surface area contributed by atoms with Gasteiger partial charge in [0, 0.05) is 18.3 Å². The smallest absolute Gasteiger partial charge is 0.362 e. The normalized spacial score (nSPS) is 13.3. The number of halogens is 4. The number of hydrogen-bond acceptors (Lipinski definition) is 2. The van der Waals surface area contributed by atoms with E-state index < -0.39 is 18.5 Å². The molecular weight excluding hydrogens is 272 g/mol. The summed E-state index contributed by atoms with van der Waals surface area (Å²) >= 11 is 0. The van der Waals surface area contributed by atoms with Crippen LogP contribution >= 0.6 is 0 Å². The maximum Gasteiger partial charge on any atom is 0.405 e. The molecule has 0 bridgehead atoms. The molecule has 1 aromatic carbocycles. The second-order valence-corrected chi connectivity index (χ2v) is 4.75. The molecule has 0 aromatic heterocycles. The van der Waals surface area contributed by atoms with E-state index in [-0.39, 0.29) is 12.6 Å². The van der Waals surface area contributed by atoms with Gasteiger partial charge in [0.05, 0.1) is 0 Å². The molecule has 0 heterocycles. The first-order valence-corrected chi connectivity index (χ1v) is 6.57. The van der Waals surface area contributed by atoms with Crippen LogP contribution in [0.5, 0.6) is 0 Å². The van der Waals surface area contributed by atoms with Crippen LogP contribution in [-0.2, 0) is 0 Å². The van der Waals surface area contributed by atoms with E-state index >= 15 is 0 Å². The van der Waals surface area contributed by atoms with Crippen molar-refractivity contribution in [2.45, 2.75) is 32.5 Å². The second-order valence-electron chi connectivity index (χ2n) is 4.75. The molecule has 20 heavy (non-hydrogen) atoms. The second kappa shape index (κ2) is 6.92. The number of benzene rings is 1. The molecule has 2 nitrogen and oxygen atoms in total. The van der Waals surface area contributed by atoms with Crippen LogP contribution in [0.25, 0.3) is 0 Å². The molecule has 0 amide bonds. The Bertz CT molecular complexity index is 432. The van der Waals surface area contributed by atoms with Crippen LogP contribution < -0.4 is 10.2 Å². The first-order valence-electron chi connectivity index (χ1n) is 6.57. The molecule has 0 aliphatic carbocycles. The molecule has 0 fully saturated rings. The van der Waals surface area contributed by atoms with Crippen molar-refractivity contribution in [3.63, 3.8) is 0 Å². The lowest BCUT2D eigenvalue weighted by atomic mass is 10.0. The molecule has 0 aliphatic heterocycles. The Morgan fingerprint density at radius 3 is 2.45 bits per heavy atom. The first-order chi connectivity index (χ1) is 9.28. The van der Waals surface area contributed by atoms with Crippen molar-refractivity contribution in [3.05, 3.63) is 29.6 Å². The van der Waals surface area contributed by atoms with Crippen LogP contribution in [0.2, 0.25) is 0 Å². The molecule has 1 rings (SSSR count). The Morgan fingerprint density at radius 2 is 1.95 bits per heavy atom. The van der Waals surface area contributed by atoms with Crippen molar-refractivity contribution in [3.8, 4) is 0 Å². The SMILES string of the molecule is CCCN(CC(F)(F)F)c1ccc(F)cc1C(C)NC. The maximum atomic E-state index is 13.4. The summed E-state index contributed by atoms with van der Waals surface area (Å²) < 4.78 is 51.4. The minimum atomic E-state index is -4.29. The summed E-state index contributed by atoms with van der Waals surface area (Å²) in [6.45, 7) is 2.84. The van der Waals surface area contributed by atoms with Gasteiger partial charge in [-0.3, -0.25) is 0 Å². The third-order valence-electron chi connectivity index (χ3n) is 3.09. The molecule has 1 atom stereocenters. The van der Waals surface area contributed by atoms with Crippen molar-refractivity contribution in [1.82, 2.24) is 5.32 Å². The molecule has 0 radical (unpaired) electrons. The van der Waals surface area contributed by atoms with Gasteiger partial charge in [0.25, 0.3) is 0 Å². The molecule has 0 spiro atoms. The number of rotatable bonds is 6. The van der Waals surface area contributed by atoms with E-state index in [1.165, 1.54) is 23.1 Å². The summed E-state index contributed by atoms with van der Waals surface area (Å²) in [5.41, 5.74) is 0.956. The van der Waals surface area contributed by atoms with Gasteiger partial charge >= 0.3 is 6.18 Å². The predicted molar refractivity (Wildman–Crippen MR) is 72.4 cm³/mol. The van der Waals surface area contributed by atoms with Crippen molar-refractivity contribution in [2.24, 2.45) is 0 Å². The van der Waals surface area contributed by atoms with Gasteiger partial charge in [-0.1, -0.05) is 6.92 Å². The molecule has 114 valence electrons. The van der Waals surface area contributed by atoms with Crippen LogP contribution in [0.3, 0.4) is 0 Å². The van der Waals surface area contributed by atoms with Gasteiger partial charge in [0.1, 0.15) is 12.4 Å². The highest BCUT2D eigenvalue weighted by Crippen LogP contribution is 2.30. The highest BCUT2D eigenvalue weighted by molar-refractivity contribution is 5.55. The third-order valence-corrected chi connectivity index (χ3v) is 3.09. The van der Waals surface area contributed by atoms with E-state index in [9.17, 15) is 17.6 Å². The van der Waals surface area contributed by atoms with Gasteiger partial charge in [0.15, 0.2) is 0 Å². The van der Waals surface area contributed by atoms with E-state index in [0.29, 0.717) is 17.7 Å². The fourth-order valence-electron chi connectivity index (χ4n) is 2.09. The third kappa shape index (κ3) is 4.67. The average Bonchev–Trinajstić information content (AvgIpc) is 2.35. The summed E-state index contributed by atoms with van der Waals surface area (Å²) in [5.74, 6) is -0.450. The van der Waals surface area contributed by atoms with Crippen LogP contribution in [-0.4, -0.2) is 26.3 Å². The number of hydrogen-bond donors (Lipinski definition) is 1. The van der Waals surface area contributed by atoms with Crippen molar-refractivity contribution in [1.29, 1.82) is 0 Å². The zero-order valence-electron chi connectivity index (χ0n) is 11.9. The Hall–Kier alpha value is -1.30. The van der Waals surface area contributed by atoms with Gasteiger partial charge in [0.2, 0.25) is 0 Å². The summed E-state index contributed by atoms with van der Waals surface area (Å²) in [5, 5.41) is 2.93. The summed E-state index contributed by atoms with van der Waals surface area (Å²) in [4.78, 5) is 1.25. The fourth-order valence-corrected chi connectivity index (χ4v) is 2.09. The van der Waals surface area contributed by atoms with Gasteiger partial charge < -0.3 is 10.2 Å². The number of alkyl halides is 3. The minimum Gasteiger partial charge on any atom is -0.362 e. The summed E-state index contributed by atoms with van der Waals surface area (Å²) in [7, 11) is 1.69. The predicted octanol–water partition coefficient (Wildman–Crippen LogP) is 3.88. The van der Waals surface area contributed by atoms with Crippen LogP contribution in [0.15, 0.2) is 18.2 Å². The van der Waals surface area contributed by atoms with E-state index in [2.05, 4.69) is 5.32 Å². The van der Waals surface area contributed by atoms with Crippen molar-refractivity contribution >= 4 is 5.69 Å². The monoisotopic (exact) mass is 292 g/mol. The van der Waals surface area contributed by atoms with Crippen molar-refractivity contribution in [2.75, 3.05) is 25.0 Å². The standard InChI is InChI=1S/C14H20F4N2/c1-4-7-20(9-14(16,17)18)13-6-5-11(15)8-12(13)10(2)19-3/h5-6,8,10,19H,4,7,9H2,1-3H3. The molecular formula is C14H20F4N2. The number of nitrogens with one attached hydrogen (secondary N) is 1. The Kier molecular flexibility index (Phi) is 5.80. The Balaban J connectivity index is 3.18. The van der Waals surface area contributed by atoms with E-state index in [1.54, 1.807) is 14.0 Å². The van der Waals surface area contributed by atoms with Crippen LogP contribution in [0.1, 0.15) is 31.9 Å². The highest BCUT2D eigenvalue weighted by atomic mass is 19.4. The molecule has 6 heteroatoms. The van der Waals surface area contributed by atoms with Crippen molar-refractivity contribution < 1.29 is 17.6 Å². The Morgan fingerprint density at radius 1 is 1.30 bits per heavy atom. The average molecular weight is 292 g/mol. The van der Waals surface area contributed by atoms with E-state index in [0.717, 1.165) is 0 Å². The van der Waals surface area contributed by atoms with Gasteiger partial charge in [-0.05, 0) is 44.2 Å². The number of nitrogens with zero attached hydrogens (tertiary/aromatic N) is 1. The quantitative estimate of drug-likeness (QED) is 0.800. The largest absolute Gasteiger partial charge is 0.405 e. The summed E-state index contributed by atoms with van der Waals surface area (Å²) in [6, 6.07) is 3.67. The fraction of sp³-hybridized carbons (Fsp3) is 0.571. The van der Waals surface area contributed by atoms with E-state index in [1.807, 2.05) is 6.92 Å². The zero-order chi connectivity index (χ0) is 15.3. The maximum absolute atomic E-state index is 13.4. The number of anilines is 1. The lowest BCUT2D eigenvalue weighted by molar-refractivity contribution is -0.119. The minimum absolute atomic E-state index is 0.228. The molecule has 1 aromatic rings. The molecule has 1 N–H and O–H groups in total. The zero-order valence-corrected chi connectivity index (χ0v) is 11.9. The molecule has 0 aliphatic rings. The molecule has 0 saturated heterocycles. The summed E-state index contributed by atoms with van der Waals surface area (Å²) in [6.07, 6.45) is -3.70. The van der Waals surface area contributed by atoms with Gasteiger partial charge in [-0.25, -0.2) is 4.39 Å². The lowest BCUT2D eigenvalue weighted by Crippen LogP contribution is -2.36. The molecule has 1 unspecified atom stereocenters. The first kappa shape index (κ1) is 16.8. The van der Waals surface area contributed by atoms with Crippen LogP contribution in [0, 0.1) is 5.82 Å².